The van der Waals surface area contributed by atoms with E-state index in [0.717, 1.165) is 22.1 Å². The minimum Gasteiger partial charge on any atom is -0.307 e. The first-order valence-corrected chi connectivity index (χ1v) is 8.01. The van der Waals surface area contributed by atoms with E-state index in [0.29, 0.717) is 13.0 Å². The molecular weight excluding hydrogens is 326 g/mol. The summed E-state index contributed by atoms with van der Waals surface area (Å²) >= 11 is 3.59. The number of carbonyl (C=O) groups is 1. The van der Waals surface area contributed by atoms with E-state index in [4.69, 9.17) is 0 Å². The van der Waals surface area contributed by atoms with Gasteiger partial charge in [-0.15, -0.1) is 0 Å². The van der Waals surface area contributed by atoms with Crippen molar-refractivity contribution in [2.45, 2.75) is 33.2 Å². The van der Waals surface area contributed by atoms with E-state index in [1.54, 1.807) is 0 Å². The fraction of sp³-hybridized carbons (Fsp3) is 0.278. The van der Waals surface area contributed by atoms with Gasteiger partial charge in [0.2, 0.25) is 5.91 Å². The van der Waals surface area contributed by atoms with Crippen LogP contribution in [-0.2, 0) is 11.3 Å². The van der Waals surface area contributed by atoms with Gasteiger partial charge in [0.25, 0.3) is 0 Å². The summed E-state index contributed by atoms with van der Waals surface area (Å²) in [5.41, 5.74) is 3.24. The van der Waals surface area contributed by atoms with E-state index in [2.05, 4.69) is 15.9 Å². The summed E-state index contributed by atoms with van der Waals surface area (Å²) < 4.78 is 0.961. The molecule has 0 saturated carbocycles. The van der Waals surface area contributed by atoms with Gasteiger partial charge in [-0.05, 0) is 52.5 Å². The molecule has 0 aliphatic carbocycles. The number of hydrogen-bond donors (Lipinski definition) is 0. The van der Waals surface area contributed by atoms with Crippen LogP contribution in [0.1, 0.15) is 30.9 Å². The molecule has 0 fully saturated rings. The summed E-state index contributed by atoms with van der Waals surface area (Å²) in [6.07, 6.45) is 1.42. The molecule has 0 radical (unpaired) electrons. The van der Waals surface area contributed by atoms with Gasteiger partial charge in [0, 0.05) is 10.9 Å². The summed E-state index contributed by atoms with van der Waals surface area (Å²) in [6.45, 7) is 4.67. The molecule has 2 nitrogen and oxygen atoms in total. The van der Waals surface area contributed by atoms with Crippen molar-refractivity contribution in [3.63, 3.8) is 0 Å². The van der Waals surface area contributed by atoms with Crippen LogP contribution in [-0.4, -0.2) is 5.91 Å². The number of nitrogens with zero attached hydrogens (tertiary/aromatic N) is 1. The van der Waals surface area contributed by atoms with E-state index in [-0.39, 0.29) is 5.91 Å². The number of anilines is 1. The zero-order valence-electron chi connectivity index (χ0n) is 12.5. The van der Waals surface area contributed by atoms with E-state index in [1.165, 1.54) is 5.56 Å². The lowest BCUT2D eigenvalue weighted by atomic mass is 10.1. The molecule has 0 aliphatic rings. The molecular formula is C18H20BrNO. The first-order valence-electron chi connectivity index (χ1n) is 7.22. The summed E-state index contributed by atoms with van der Waals surface area (Å²) in [5, 5.41) is 0. The van der Waals surface area contributed by atoms with Crippen LogP contribution in [0.25, 0.3) is 0 Å². The molecule has 21 heavy (non-hydrogen) atoms. The maximum absolute atomic E-state index is 12.5. The third kappa shape index (κ3) is 4.18. The first-order chi connectivity index (χ1) is 10.1. The molecule has 0 aliphatic heterocycles. The Hall–Kier alpha value is -1.61. The van der Waals surface area contributed by atoms with E-state index < -0.39 is 0 Å². The van der Waals surface area contributed by atoms with Crippen LogP contribution in [0.15, 0.2) is 53.0 Å². The number of rotatable bonds is 5. The molecule has 0 N–H and O–H groups in total. The maximum Gasteiger partial charge on any atom is 0.227 e. The zero-order valence-corrected chi connectivity index (χ0v) is 14.1. The minimum atomic E-state index is 0.158. The highest BCUT2D eigenvalue weighted by atomic mass is 79.9. The molecule has 0 bridgehead atoms. The van der Waals surface area contributed by atoms with Crippen LogP contribution in [0.5, 0.6) is 0 Å². The van der Waals surface area contributed by atoms with Gasteiger partial charge in [-0.1, -0.05) is 43.3 Å². The van der Waals surface area contributed by atoms with Gasteiger partial charge in [0.15, 0.2) is 0 Å². The summed E-state index contributed by atoms with van der Waals surface area (Å²) in [6, 6.07) is 16.2. The van der Waals surface area contributed by atoms with Crippen molar-refractivity contribution < 1.29 is 4.79 Å². The fourth-order valence-electron chi connectivity index (χ4n) is 2.25. The van der Waals surface area contributed by atoms with E-state index in [9.17, 15) is 4.79 Å². The molecule has 0 saturated heterocycles. The monoisotopic (exact) mass is 345 g/mol. The highest BCUT2D eigenvalue weighted by Gasteiger charge is 2.17. The molecule has 2 aromatic rings. The lowest BCUT2D eigenvalue weighted by molar-refractivity contribution is -0.118. The lowest BCUT2D eigenvalue weighted by Gasteiger charge is -2.24. The third-order valence-electron chi connectivity index (χ3n) is 3.34. The van der Waals surface area contributed by atoms with Crippen molar-refractivity contribution >= 4 is 27.5 Å². The number of amides is 1. The second-order valence-electron chi connectivity index (χ2n) is 5.17. The average Bonchev–Trinajstić information content (AvgIpc) is 2.47. The molecule has 0 aromatic heterocycles. The van der Waals surface area contributed by atoms with Crippen molar-refractivity contribution in [2.24, 2.45) is 0 Å². The van der Waals surface area contributed by atoms with Gasteiger partial charge in [-0.3, -0.25) is 4.79 Å². The number of halogens is 1. The Morgan fingerprint density at radius 2 is 1.86 bits per heavy atom. The standard InChI is InChI=1S/C18H20BrNO/c1-3-7-18(21)20(13-15-8-5-4-6-9-15)17-11-10-14(2)12-16(17)19/h4-6,8-12H,3,7,13H2,1-2H3. The molecule has 110 valence electrons. The van der Waals surface area contributed by atoms with Gasteiger partial charge in [0.05, 0.1) is 12.2 Å². The van der Waals surface area contributed by atoms with Crippen LogP contribution in [0, 0.1) is 6.92 Å². The largest absolute Gasteiger partial charge is 0.307 e. The summed E-state index contributed by atoms with van der Waals surface area (Å²) in [7, 11) is 0. The van der Waals surface area contributed by atoms with Crippen molar-refractivity contribution in [3.8, 4) is 0 Å². The van der Waals surface area contributed by atoms with Gasteiger partial charge >= 0.3 is 0 Å². The second kappa shape index (κ2) is 7.41. The topological polar surface area (TPSA) is 20.3 Å². The Morgan fingerprint density at radius 3 is 2.48 bits per heavy atom. The summed E-state index contributed by atoms with van der Waals surface area (Å²) in [4.78, 5) is 14.4. The number of benzene rings is 2. The maximum atomic E-state index is 12.5. The highest BCUT2D eigenvalue weighted by molar-refractivity contribution is 9.10. The van der Waals surface area contributed by atoms with Gasteiger partial charge in [0.1, 0.15) is 0 Å². The van der Waals surface area contributed by atoms with Crippen molar-refractivity contribution in [3.05, 3.63) is 64.1 Å². The molecule has 0 spiro atoms. The number of hydrogen-bond acceptors (Lipinski definition) is 1. The number of carbonyl (C=O) groups excluding carboxylic acids is 1. The Bertz CT molecular complexity index is 610. The van der Waals surface area contributed by atoms with Crippen LogP contribution < -0.4 is 4.90 Å². The summed E-state index contributed by atoms with van der Waals surface area (Å²) in [5.74, 6) is 0.158. The number of aryl methyl sites for hydroxylation is 1. The van der Waals surface area contributed by atoms with E-state index >= 15 is 0 Å². The molecule has 1 amide bonds. The van der Waals surface area contributed by atoms with Crippen molar-refractivity contribution in [2.75, 3.05) is 4.90 Å². The van der Waals surface area contributed by atoms with Gasteiger partial charge < -0.3 is 4.90 Å². The molecule has 2 aromatic carbocycles. The molecule has 2 rings (SSSR count). The highest BCUT2D eigenvalue weighted by Crippen LogP contribution is 2.29. The van der Waals surface area contributed by atoms with Gasteiger partial charge in [-0.25, -0.2) is 0 Å². The van der Waals surface area contributed by atoms with Gasteiger partial charge in [-0.2, -0.15) is 0 Å². The zero-order chi connectivity index (χ0) is 15.2. The van der Waals surface area contributed by atoms with Crippen LogP contribution in [0.2, 0.25) is 0 Å². The average molecular weight is 346 g/mol. The predicted molar refractivity (Wildman–Crippen MR) is 91.4 cm³/mol. The minimum absolute atomic E-state index is 0.158. The normalized spacial score (nSPS) is 10.4. The Balaban J connectivity index is 2.33. The first kappa shape index (κ1) is 15.8. The van der Waals surface area contributed by atoms with E-state index in [1.807, 2.05) is 67.3 Å². The fourth-order valence-corrected chi connectivity index (χ4v) is 2.96. The van der Waals surface area contributed by atoms with Crippen molar-refractivity contribution in [1.82, 2.24) is 0 Å². The third-order valence-corrected chi connectivity index (χ3v) is 3.98. The molecule has 3 heteroatoms. The second-order valence-corrected chi connectivity index (χ2v) is 6.02. The Labute approximate surface area is 134 Å². The quantitative estimate of drug-likeness (QED) is 0.738. The van der Waals surface area contributed by atoms with Crippen LogP contribution >= 0.6 is 15.9 Å². The molecule has 0 heterocycles. The lowest BCUT2D eigenvalue weighted by Crippen LogP contribution is -2.30. The smallest absolute Gasteiger partial charge is 0.227 e. The van der Waals surface area contributed by atoms with Crippen molar-refractivity contribution in [1.29, 1.82) is 0 Å². The SMILES string of the molecule is CCCC(=O)N(Cc1ccccc1)c1ccc(C)cc1Br. The predicted octanol–water partition coefficient (Wildman–Crippen LogP) is 5.09. The van der Waals surface area contributed by atoms with Crippen LogP contribution in [0.4, 0.5) is 5.69 Å². The Kier molecular flexibility index (Phi) is 5.57. The molecule has 0 atom stereocenters. The van der Waals surface area contributed by atoms with Crippen LogP contribution in [0.3, 0.4) is 0 Å². The Morgan fingerprint density at radius 1 is 1.14 bits per heavy atom. The molecule has 0 unspecified atom stereocenters.